The number of furan rings is 1. The fourth-order valence-corrected chi connectivity index (χ4v) is 2.57. The maximum absolute atomic E-state index is 11.8. The van der Waals surface area contributed by atoms with Crippen molar-refractivity contribution in [2.24, 2.45) is 0 Å². The van der Waals surface area contributed by atoms with Gasteiger partial charge in [-0.1, -0.05) is 11.6 Å². The van der Waals surface area contributed by atoms with Gasteiger partial charge in [0.1, 0.15) is 28.9 Å². The normalized spacial score (nSPS) is 12.3. The van der Waals surface area contributed by atoms with Crippen LogP contribution in [-0.2, 0) is 16.0 Å². The van der Waals surface area contributed by atoms with Crippen molar-refractivity contribution < 1.29 is 28.6 Å². The highest BCUT2D eigenvalue weighted by molar-refractivity contribution is 6.32. The van der Waals surface area contributed by atoms with Crippen LogP contribution in [0, 0.1) is 0 Å². The predicted octanol–water partition coefficient (Wildman–Crippen LogP) is 4.13. The molecule has 7 nitrogen and oxygen atoms in total. The number of hydrogen-bond donors (Lipinski definition) is 2. The lowest BCUT2D eigenvalue weighted by Crippen LogP contribution is -2.44. The van der Waals surface area contributed by atoms with Crippen LogP contribution < -0.4 is 10.1 Å². The molecule has 27 heavy (non-hydrogen) atoms. The number of methoxy groups -OCH3 is 1. The Kier molecular flexibility index (Phi) is 6.38. The van der Waals surface area contributed by atoms with Gasteiger partial charge in [0.25, 0.3) is 0 Å². The van der Waals surface area contributed by atoms with Gasteiger partial charge >= 0.3 is 12.1 Å². The van der Waals surface area contributed by atoms with Crippen LogP contribution in [0.3, 0.4) is 0 Å². The molecule has 8 heteroatoms. The van der Waals surface area contributed by atoms with Gasteiger partial charge < -0.3 is 24.3 Å². The Morgan fingerprint density at radius 2 is 1.96 bits per heavy atom. The highest BCUT2D eigenvalue weighted by atomic mass is 35.5. The Morgan fingerprint density at radius 1 is 1.26 bits per heavy atom. The van der Waals surface area contributed by atoms with Crippen LogP contribution in [-0.4, -0.2) is 35.9 Å². The van der Waals surface area contributed by atoms with E-state index in [0.717, 1.165) is 5.56 Å². The minimum absolute atomic E-state index is 0.0293. The lowest BCUT2D eigenvalue weighted by Gasteiger charge is -2.21. The molecule has 2 aromatic rings. The molecule has 0 spiro atoms. The maximum atomic E-state index is 11.8. The number of carboxylic acids is 1. The summed E-state index contributed by atoms with van der Waals surface area (Å²) < 4.78 is 15.9. The molecule has 1 aromatic carbocycles. The monoisotopic (exact) mass is 395 g/mol. The average molecular weight is 396 g/mol. The zero-order valence-electron chi connectivity index (χ0n) is 15.5. The lowest BCUT2D eigenvalue weighted by atomic mass is 10.1. The molecule has 146 valence electrons. The quantitative estimate of drug-likeness (QED) is 0.763. The van der Waals surface area contributed by atoms with Crippen molar-refractivity contribution in [2.45, 2.75) is 38.8 Å². The van der Waals surface area contributed by atoms with E-state index in [4.69, 9.17) is 25.5 Å². The van der Waals surface area contributed by atoms with Crippen LogP contribution in [0.4, 0.5) is 4.79 Å². The van der Waals surface area contributed by atoms with Gasteiger partial charge in [-0.15, -0.1) is 0 Å². The Labute approximate surface area is 162 Å². The minimum Gasteiger partial charge on any atom is -0.495 e. The van der Waals surface area contributed by atoms with Gasteiger partial charge in [0.15, 0.2) is 0 Å². The van der Waals surface area contributed by atoms with E-state index in [9.17, 15) is 14.7 Å². The number of benzene rings is 1. The zero-order valence-corrected chi connectivity index (χ0v) is 16.3. The van der Waals surface area contributed by atoms with Crippen LogP contribution in [0.5, 0.6) is 5.75 Å². The molecule has 1 unspecified atom stereocenters. The molecule has 0 radical (unpaired) electrons. The number of amides is 1. The number of aliphatic carboxylic acids is 1. The second-order valence-corrected chi connectivity index (χ2v) is 7.26. The summed E-state index contributed by atoms with van der Waals surface area (Å²) in [5.74, 6) is 0.280. The SMILES string of the molecule is COc1ccc(-c2ccc(CC(NC(=O)OC(C)(C)C)C(=O)O)o2)cc1Cl. The molecular weight excluding hydrogens is 374 g/mol. The fraction of sp³-hybridized carbons (Fsp3) is 0.368. The predicted molar refractivity (Wildman–Crippen MR) is 100 cm³/mol. The number of halogens is 1. The van der Waals surface area contributed by atoms with Crippen LogP contribution in [0.2, 0.25) is 5.02 Å². The summed E-state index contributed by atoms with van der Waals surface area (Å²) >= 11 is 6.12. The Morgan fingerprint density at radius 3 is 2.52 bits per heavy atom. The molecule has 1 atom stereocenters. The minimum atomic E-state index is -1.19. The van der Waals surface area contributed by atoms with Gasteiger partial charge in [-0.05, 0) is 51.1 Å². The first-order valence-electron chi connectivity index (χ1n) is 8.24. The third-order valence-electron chi connectivity index (χ3n) is 3.49. The smallest absolute Gasteiger partial charge is 0.408 e. The van der Waals surface area contributed by atoms with Gasteiger partial charge in [0.05, 0.1) is 12.1 Å². The van der Waals surface area contributed by atoms with Crippen molar-refractivity contribution in [1.29, 1.82) is 0 Å². The van der Waals surface area contributed by atoms with Crippen molar-refractivity contribution in [2.75, 3.05) is 7.11 Å². The standard InChI is InChI=1S/C19H22ClNO6/c1-19(2,3)27-18(24)21-14(17(22)23)10-12-6-8-15(26-12)11-5-7-16(25-4)13(20)9-11/h5-9,14H,10H2,1-4H3,(H,21,24)(H,22,23). The molecule has 2 N–H and O–H groups in total. The number of rotatable bonds is 6. The number of carboxylic acid groups (broad SMARTS) is 1. The number of carbonyl (C=O) groups is 2. The summed E-state index contributed by atoms with van der Waals surface area (Å²) in [4.78, 5) is 23.3. The molecule has 0 bridgehead atoms. The molecular formula is C19H22ClNO6. The first kappa shape index (κ1) is 20.6. The number of carbonyl (C=O) groups excluding carboxylic acids is 1. The van der Waals surface area contributed by atoms with Gasteiger partial charge in [-0.3, -0.25) is 0 Å². The van der Waals surface area contributed by atoms with Crippen molar-refractivity contribution in [3.05, 3.63) is 41.1 Å². The first-order valence-corrected chi connectivity index (χ1v) is 8.62. The third-order valence-corrected chi connectivity index (χ3v) is 3.79. The molecule has 1 heterocycles. The molecule has 1 aromatic heterocycles. The Hall–Kier alpha value is -2.67. The van der Waals surface area contributed by atoms with E-state index >= 15 is 0 Å². The summed E-state index contributed by atoms with van der Waals surface area (Å²) in [6.07, 6.45) is -0.832. The summed E-state index contributed by atoms with van der Waals surface area (Å²) in [7, 11) is 1.52. The van der Waals surface area contributed by atoms with E-state index < -0.39 is 23.7 Å². The van der Waals surface area contributed by atoms with Crippen LogP contribution >= 0.6 is 11.6 Å². The topological polar surface area (TPSA) is 98.0 Å². The fourth-order valence-electron chi connectivity index (χ4n) is 2.31. The van der Waals surface area contributed by atoms with Crippen LogP contribution in [0.15, 0.2) is 34.7 Å². The molecule has 0 aliphatic heterocycles. The zero-order chi connectivity index (χ0) is 20.2. The molecule has 2 rings (SSSR count). The highest BCUT2D eigenvalue weighted by Gasteiger charge is 2.25. The molecule has 0 aliphatic carbocycles. The van der Waals surface area contributed by atoms with E-state index in [1.165, 1.54) is 7.11 Å². The van der Waals surface area contributed by atoms with Crippen molar-refractivity contribution in [3.8, 4) is 17.1 Å². The number of hydrogen-bond acceptors (Lipinski definition) is 5. The molecule has 0 fully saturated rings. The summed E-state index contributed by atoms with van der Waals surface area (Å²) in [5, 5.41) is 12.1. The van der Waals surface area contributed by atoms with Gasteiger partial charge in [-0.2, -0.15) is 0 Å². The second-order valence-electron chi connectivity index (χ2n) is 6.86. The highest BCUT2D eigenvalue weighted by Crippen LogP contribution is 2.31. The second kappa shape index (κ2) is 8.35. The van der Waals surface area contributed by atoms with E-state index in [1.54, 1.807) is 51.1 Å². The lowest BCUT2D eigenvalue weighted by molar-refractivity contribution is -0.139. The molecule has 0 saturated heterocycles. The summed E-state index contributed by atoms with van der Waals surface area (Å²) in [5.41, 5.74) is -0.00227. The van der Waals surface area contributed by atoms with E-state index in [-0.39, 0.29) is 6.42 Å². The van der Waals surface area contributed by atoms with E-state index in [0.29, 0.717) is 22.3 Å². The third kappa shape index (κ3) is 5.92. The maximum Gasteiger partial charge on any atom is 0.408 e. The van der Waals surface area contributed by atoms with Crippen LogP contribution in [0.1, 0.15) is 26.5 Å². The van der Waals surface area contributed by atoms with Crippen LogP contribution in [0.25, 0.3) is 11.3 Å². The Bertz CT molecular complexity index is 824. The Balaban J connectivity index is 2.11. The molecule has 0 aliphatic rings. The van der Waals surface area contributed by atoms with Gasteiger partial charge in [-0.25, -0.2) is 9.59 Å². The number of nitrogens with one attached hydrogen (secondary N) is 1. The molecule has 1 amide bonds. The largest absolute Gasteiger partial charge is 0.495 e. The van der Waals surface area contributed by atoms with E-state index in [2.05, 4.69) is 5.32 Å². The van der Waals surface area contributed by atoms with Gasteiger partial charge in [0, 0.05) is 12.0 Å². The number of alkyl carbamates (subject to hydrolysis) is 1. The molecule has 0 saturated carbocycles. The summed E-state index contributed by atoms with van der Waals surface area (Å²) in [6, 6.07) is 7.36. The first-order chi connectivity index (χ1) is 12.6. The van der Waals surface area contributed by atoms with Crippen molar-refractivity contribution in [1.82, 2.24) is 5.32 Å². The van der Waals surface area contributed by atoms with Crippen molar-refractivity contribution in [3.63, 3.8) is 0 Å². The van der Waals surface area contributed by atoms with Crippen molar-refractivity contribution >= 4 is 23.7 Å². The number of ether oxygens (including phenoxy) is 2. The summed E-state index contributed by atoms with van der Waals surface area (Å²) in [6.45, 7) is 5.09. The van der Waals surface area contributed by atoms with Gasteiger partial charge in [0.2, 0.25) is 0 Å². The average Bonchev–Trinajstić information content (AvgIpc) is 3.01. The van der Waals surface area contributed by atoms with E-state index in [1.807, 2.05) is 0 Å².